The summed E-state index contributed by atoms with van der Waals surface area (Å²) in [6, 6.07) is 7.54. The van der Waals surface area contributed by atoms with Crippen molar-refractivity contribution in [2.75, 3.05) is 24.5 Å². The Hall–Kier alpha value is -1.59. The predicted octanol–water partition coefficient (Wildman–Crippen LogP) is 3.37. The second-order valence-electron chi connectivity index (χ2n) is 5.28. The minimum Gasteiger partial charge on any atom is -0.356 e. The quantitative estimate of drug-likeness (QED) is 0.911. The minimum atomic E-state index is -0.0577. The van der Waals surface area contributed by atoms with Gasteiger partial charge in [-0.15, -0.1) is 11.3 Å². The van der Waals surface area contributed by atoms with Gasteiger partial charge in [0.15, 0.2) is 0 Å². The van der Waals surface area contributed by atoms with Gasteiger partial charge in [0.1, 0.15) is 5.82 Å². The third-order valence-corrected chi connectivity index (χ3v) is 5.01. The highest BCUT2D eigenvalue weighted by Crippen LogP contribution is 2.23. The number of thiophene rings is 1. The predicted molar refractivity (Wildman–Crippen MR) is 91.1 cm³/mol. The molecule has 2 aromatic heterocycles. The van der Waals surface area contributed by atoms with E-state index in [2.05, 4.69) is 15.2 Å². The first-order valence-electron chi connectivity index (χ1n) is 7.46. The lowest BCUT2D eigenvalue weighted by Crippen LogP contribution is -2.29. The Morgan fingerprint density at radius 1 is 1.32 bits per heavy atom. The Morgan fingerprint density at radius 3 is 2.86 bits per heavy atom. The van der Waals surface area contributed by atoms with Crippen molar-refractivity contribution in [3.8, 4) is 0 Å². The third-order valence-electron chi connectivity index (χ3n) is 3.72. The Bertz CT molecular complexity index is 652. The van der Waals surface area contributed by atoms with Gasteiger partial charge in [-0.3, -0.25) is 4.79 Å². The molecule has 1 aliphatic rings. The van der Waals surface area contributed by atoms with Gasteiger partial charge in [-0.2, -0.15) is 0 Å². The van der Waals surface area contributed by atoms with Gasteiger partial charge in [-0.1, -0.05) is 11.6 Å². The van der Waals surface area contributed by atoms with Crippen LogP contribution in [0, 0.1) is 0 Å². The molecule has 0 bridgehead atoms. The molecule has 6 heteroatoms. The monoisotopic (exact) mass is 335 g/mol. The average molecular weight is 336 g/mol. The molecule has 0 unspecified atom stereocenters. The number of carbonyl (C=O) groups excluding carboxylic acids is 1. The average Bonchev–Trinajstić information content (AvgIpc) is 3.19. The molecule has 3 rings (SSSR count). The molecule has 3 heterocycles. The van der Waals surface area contributed by atoms with Crippen molar-refractivity contribution in [2.24, 2.45) is 0 Å². The summed E-state index contributed by atoms with van der Waals surface area (Å²) in [4.78, 5) is 20.2. The molecule has 4 nitrogen and oxygen atoms in total. The molecule has 116 valence electrons. The molecule has 1 saturated heterocycles. The van der Waals surface area contributed by atoms with Crippen LogP contribution in [0.25, 0.3) is 0 Å². The third kappa shape index (κ3) is 3.59. The number of anilines is 1. The standard InChI is InChI=1S/C16H18ClN3OS/c17-14-6-5-12(22-14)7-9-19-16(21)13-4-3-8-18-15(13)20-10-1-2-11-20/h3-6,8H,1-2,7,9-11H2,(H,19,21). The summed E-state index contributed by atoms with van der Waals surface area (Å²) >= 11 is 7.46. The lowest BCUT2D eigenvalue weighted by molar-refractivity contribution is 0.0954. The van der Waals surface area contributed by atoms with E-state index in [1.54, 1.807) is 17.5 Å². The smallest absolute Gasteiger partial charge is 0.255 e. The molecule has 0 aromatic carbocycles. The van der Waals surface area contributed by atoms with Crippen LogP contribution in [0.15, 0.2) is 30.5 Å². The highest BCUT2D eigenvalue weighted by atomic mass is 35.5. The van der Waals surface area contributed by atoms with Crippen LogP contribution < -0.4 is 10.2 Å². The minimum absolute atomic E-state index is 0.0577. The maximum atomic E-state index is 12.4. The van der Waals surface area contributed by atoms with Gasteiger partial charge < -0.3 is 10.2 Å². The van der Waals surface area contributed by atoms with Crippen molar-refractivity contribution in [3.05, 3.63) is 45.2 Å². The molecule has 0 radical (unpaired) electrons. The van der Waals surface area contributed by atoms with Crippen molar-refractivity contribution >= 4 is 34.7 Å². The second-order valence-corrected chi connectivity index (χ2v) is 7.08. The van der Waals surface area contributed by atoms with E-state index >= 15 is 0 Å². The lowest BCUT2D eigenvalue weighted by atomic mass is 10.2. The van der Waals surface area contributed by atoms with Crippen molar-refractivity contribution in [1.29, 1.82) is 0 Å². The molecule has 0 aliphatic carbocycles. The van der Waals surface area contributed by atoms with E-state index < -0.39 is 0 Å². The van der Waals surface area contributed by atoms with Gasteiger partial charge in [0.05, 0.1) is 9.90 Å². The van der Waals surface area contributed by atoms with E-state index in [4.69, 9.17) is 11.6 Å². The molecule has 0 spiro atoms. The first-order valence-corrected chi connectivity index (χ1v) is 8.66. The molecule has 0 atom stereocenters. The summed E-state index contributed by atoms with van der Waals surface area (Å²) in [6.45, 7) is 2.56. The van der Waals surface area contributed by atoms with E-state index in [9.17, 15) is 4.79 Å². The Labute approximate surface area is 139 Å². The summed E-state index contributed by atoms with van der Waals surface area (Å²) in [5.41, 5.74) is 0.661. The normalized spacial score (nSPS) is 14.3. The number of aromatic nitrogens is 1. The van der Waals surface area contributed by atoms with Crippen molar-refractivity contribution in [3.63, 3.8) is 0 Å². The fraction of sp³-hybridized carbons (Fsp3) is 0.375. The number of amides is 1. The van der Waals surface area contributed by atoms with E-state index in [1.165, 1.54) is 4.88 Å². The van der Waals surface area contributed by atoms with Crippen LogP contribution >= 0.6 is 22.9 Å². The van der Waals surface area contributed by atoms with Crippen LogP contribution in [-0.2, 0) is 6.42 Å². The summed E-state index contributed by atoms with van der Waals surface area (Å²) in [5, 5.41) is 2.98. The zero-order chi connectivity index (χ0) is 15.4. The number of rotatable bonds is 5. The number of pyridine rings is 1. The number of hydrogen-bond acceptors (Lipinski definition) is 4. The van der Waals surface area contributed by atoms with Crippen LogP contribution in [-0.4, -0.2) is 30.5 Å². The fourth-order valence-corrected chi connectivity index (χ4v) is 3.72. The zero-order valence-electron chi connectivity index (χ0n) is 12.2. The van der Waals surface area contributed by atoms with E-state index in [0.29, 0.717) is 12.1 Å². The highest BCUT2D eigenvalue weighted by molar-refractivity contribution is 7.16. The lowest BCUT2D eigenvalue weighted by Gasteiger charge is -2.19. The van der Waals surface area contributed by atoms with Crippen LogP contribution in [0.5, 0.6) is 0 Å². The van der Waals surface area contributed by atoms with Crippen LogP contribution in [0.3, 0.4) is 0 Å². The first-order chi connectivity index (χ1) is 10.7. The van der Waals surface area contributed by atoms with E-state index in [1.807, 2.05) is 24.3 Å². The maximum Gasteiger partial charge on any atom is 0.255 e. The molecular formula is C16H18ClN3OS. The second kappa shape index (κ2) is 7.11. The Kier molecular flexibility index (Phi) is 4.95. The fourth-order valence-electron chi connectivity index (χ4n) is 2.64. The van der Waals surface area contributed by atoms with Crippen molar-refractivity contribution < 1.29 is 4.79 Å². The molecule has 0 saturated carbocycles. The van der Waals surface area contributed by atoms with Gasteiger partial charge in [0, 0.05) is 30.7 Å². The summed E-state index contributed by atoms with van der Waals surface area (Å²) in [7, 11) is 0. The molecular weight excluding hydrogens is 318 g/mol. The number of nitrogens with one attached hydrogen (secondary N) is 1. The van der Waals surface area contributed by atoms with E-state index in [-0.39, 0.29) is 5.91 Å². The van der Waals surface area contributed by atoms with Gasteiger partial charge in [-0.25, -0.2) is 4.98 Å². The van der Waals surface area contributed by atoms with Crippen molar-refractivity contribution in [1.82, 2.24) is 10.3 Å². The number of halogens is 1. The van der Waals surface area contributed by atoms with E-state index in [0.717, 1.165) is 42.5 Å². The van der Waals surface area contributed by atoms with Crippen LogP contribution in [0.2, 0.25) is 4.34 Å². The van der Waals surface area contributed by atoms with Crippen LogP contribution in [0.4, 0.5) is 5.82 Å². The molecule has 1 amide bonds. The van der Waals surface area contributed by atoms with Crippen molar-refractivity contribution in [2.45, 2.75) is 19.3 Å². The maximum absolute atomic E-state index is 12.4. The van der Waals surface area contributed by atoms with Gasteiger partial charge in [0.25, 0.3) is 5.91 Å². The molecule has 2 aromatic rings. The highest BCUT2D eigenvalue weighted by Gasteiger charge is 2.20. The Balaban J connectivity index is 1.62. The van der Waals surface area contributed by atoms with Gasteiger partial charge >= 0.3 is 0 Å². The largest absolute Gasteiger partial charge is 0.356 e. The van der Waals surface area contributed by atoms with Crippen LogP contribution in [0.1, 0.15) is 28.1 Å². The summed E-state index contributed by atoms with van der Waals surface area (Å²) in [6.07, 6.45) is 4.87. The number of carbonyl (C=O) groups is 1. The molecule has 1 aliphatic heterocycles. The van der Waals surface area contributed by atoms with Gasteiger partial charge in [0.2, 0.25) is 0 Å². The Morgan fingerprint density at radius 2 is 2.14 bits per heavy atom. The molecule has 1 N–H and O–H groups in total. The number of nitrogens with zero attached hydrogens (tertiary/aromatic N) is 2. The zero-order valence-corrected chi connectivity index (χ0v) is 13.8. The first kappa shape index (κ1) is 15.3. The number of hydrogen-bond donors (Lipinski definition) is 1. The summed E-state index contributed by atoms with van der Waals surface area (Å²) in [5.74, 6) is 0.745. The SMILES string of the molecule is O=C(NCCc1ccc(Cl)s1)c1cccnc1N1CCCC1. The summed E-state index contributed by atoms with van der Waals surface area (Å²) < 4.78 is 0.782. The van der Waals surface area contributed by atoms with Gasteiger partial charge in [-0.05, 0) is 43.5 Å². The molecule has 1 fully saturated rings. The topological polar surface area (TPSA) is 45.2 Å². The molecule has 22 heavy (non-hydrogen) atoms.